The minimum absolute atomic E-state index is 0.347. The normalized spacial score (nSPS) is 14.3. The third kappa shape index (κ3) is 2.46. The maximum Gasteiger partial charge on any atom is 0.419 e. The van der Waals surface area contributed by atoms with Gasteiger partial charge in [-0.1, -0.05) is 16.8 Å². The second-order valence-electron chi connectivity index (χ2n) is 4.68. The van der Waals surface area contributed by atoms with Gasteiger partial charge in [-0.2, -0.15) is 0 Å². The highest BCUT2D eigenvalue weighted by Crippen LogP contribution is 2.44. The number of aromatic nitrogens is 1. The van der Waals surface area contributed by atoms with E-state index in [9.17, 15) is 9.59 Å². The van der Waals surface area contributed by atoms with Gasteiger partial charge in [0.25, 0.3) is 0 Å². The number of anilines is 1. The number of amides is 1. The van der Waals surface area contributed by atoms with Crippen molar-refractivity contribution < 1.29 is 18.8 Å². The molecule has 7 heteroatoms. The fraction of sp³-hybridized carbons (Fsp3) is 0.308. The molecule has 2 aromatic rings. The third-order valence-corrected chi connectivity index (χ3v) is 3.28. The number of nitrogens with one attached hydrogen (secondary N) is 1. The monoisotopic (exact) mass is 294 g/mol. The van der Waals surface area contributed by atoms with Gasteiger partial charge < -0.3 is 9.26 Å². The molecule has 1 amide bonds. The van der Waals surface area contributed by atoms with Crippen LogP contribution >= 0.6 is 11.6 Å². The summed E-state index contributed by atoms with van der Waals surface area (Å²) in [6, 6.07) is 3.24. The summed E-state index contributed by atoms with van der Waals surface area (Å²) < 4.78 is 9.63. The first-order chi connectivity index (χ1) is 9.54. The number of hydrogen-bond donors (Lipinski definition) is 1. The molecule has 1 N–H and O–H groups in total. The van der Waals surface area contributed by atoms with Crippen LogP contribution in [0, 0.1) is 0 Å². The van der Waals surface area contributed by atoms with E-state index in [1.807, 2.05) is 0 Å². The summed E-state index contributed by atoms with van der Waals surface area (Å²) >= 11 is 6.10. The van der Waals surface area contributed by atoms with E-state index in [2.05, 4.69) is 15.2 Å². The quantitative estimate of drug-likeness (QED) is 0.677. The number of carbonyl (C=O) groups excluding carboxylic acids is 2. The number of benzene rings is 1. The number of rotatable bonds is 2. The molecule has 0 spiro atoms. The summed E-state index contributed by atoms with van der Waals surface area (Å²) in [4.78, 5) is 22.1. The summed E-state index contributed by atoms with van der Waals surface area (Å²) in [5.74, 6) is -0.287. The van der Waals surface area contributed by atoms with E-state index >= 15 is 0 Å². The maximum atomic E-state index is 11.4. The Balaban J connectivity index is 1.93. The van der Waals surface area contributed by atoms with Gasteiger partial charge in [-0.25, -0.2) is 4.79 Å². The average Bonchev–Trinajstić information content (AvgIpc) is 3.09. The van der Waals surface area contributed by atoms with Crippen molar-refractivity contribution in [2.45, 2.75) is 25.7 Å². The zero-order chi connectivity index (χ0) is 14.3. The molecule has 1 aliphatic carbocycles. The number of hydrogen-bond acceptors (Lipinski definition) is 5. The summed E-state index contributed by atoms with van der Waals surface area (Å²) in [6.45, 7) is 1.15. The molecule has 1 aromatic heterocycles. The lowest BCUT2D eigenvalue weighted by atomic mass is 10.1. The molecule has 20 heavy (non-hydrogen) atoms. The van der Waals surface area contributed by atoms with Crippen molar-refractivity contribution in [2.24, 2.45) is 0 Å². The van der Waals surface area contributed by atoms with Gasteiger partial charge in [-0.05, 0) is 25.0 Å². The van der Waals surface area contributed by atoms with Crippen LogP contribution in [0.1, 0.15) is 31.4 Å². The van der Waals surface area contributed by atoms with E-state index in [1.54, 1.807) is 6.07 Å². The van der Waals surface area contributed by atoms with Crippen LogP contribution in [0.25, 0.3) is 11.0 Å². The number of nitrogens with zero attached hydrogens (tertiary/aromatic N) is 1. The van der Waals surface area contributed by atoms with Gasteiger partial charge >= 0.3 is 12.1 Å². The molecule has 1 heterocycles. The Morgan fingerprint density at radius 1 is 1.45 bits per heavy atom. The predicted octanol–water partition coefficient (Wildman–Crippen LogP) is 3.45. The van der Waals surface area contributed by atoms with Crippen molar-refractivity contribution in [3.8, 4) is 0 Å². The fourth-order valence-corrected chi connectivity index (χ4v) is 2.27. The molecule has 0 radical (unpaired) electrons. The van der Waals surface area contributed by atoms with Crippen LogP contribution in [-0.2, 0) is 9.53 Å². The van der Waals surface area contributed by atoms with Crippen LogP contribution in [-0.4, -0.2) is 17.2 Å². The molecule has 0 saturated heterocycles. The first-order valence-electron chi connectivity index (χ1n) is 6.13. The molecular formula is C13H11ClN2O4. The summed E-state index contributed by atoms with van der Waals surface area (Å²) in [6.07, 6.45) is 1.30. The number of esters is 1. The molecule has 0 aliphatic heterocycles. The van der Waals surface area contributed by atoms with E-state index in [0.717, 1.165) is 30.8 Å². The number of fused-ring (bicyclic) bond motifs is 1. The minimum atomic E-state index is -0.850. The summed E-state index contributed by atoms with van der Waals surface area (Å²) in [5.41, 5.74) is 1.78. The molecule has 0 atom stereocenters. The second kappa shape index (κ2) is 4.79. The highest BCUT2D eigenvalue weighted by molar-refractivity contribution is 6.35. The third-order valence-electron chi connectivity index (χ3n) is 3.00. The Labute approximate surface area is 119 Å². The van der Waals surface area contributed by atoms with Crippen molar-refractivity contribution in [1.82, 2.24) is 5.16 Å². The standard InChI is InChI=1S/C13H11ClN2O4/c1-6(17)19-13(18)15-8-4-9-11(7-2-3-7)16-20-12(9)10(14)5-8/h4-5,7H,2-3H2,1H3,(H,15,18). The SMILES string of the molecule is CC(=O)OC(=O)Nc1cc(Cl)c2onc(C3CC3)c2c1. The molecule has 6 nitrogen and oxygen atoms in total. The van der Waals surface area contributed by atoms with Gasteiger partial charge in [-0.15, -0.1) is 0 Å². The minimum Gasteiger partial charge on any atom is -0.376 e. The molecule has 0 unspecified atom stereocenters. The van der Waals surface area contributed by atoms with Crippen molar-refractivity contribution in [2.75, 3.05) is 5.32 Å². The molecule has 1 aliphatic rings. The van der Waals surface area contributed by atoms with Crippen molar-refractivity contribution >= 4 is 40.3 Å². The molecule has 1 fully saturated rings. The first kappa shape index (κ1) is 12.9. The fourth-order valence-electron chi connectivity index (χ4n) is 2.02. The molecule has 1 aromatic carbocycles. The van der Waals surface area contributed by atoms with Gasteiger partial charge in [0.1, 0.15) is 0 Å². The van der Waals surface area contributed by atoms with E-state index in [-0.39, 0.29) is 0 Å². The highest BCUT2D eigenvalue weighted by Gasteiger charge is 2.29. The van der Waals surface area contributed by atoms with Crippen molar-refractivity contribution in [3.05, 3.63) is 22.8 Å². The van der Waals surface area contributed by atoms with Gasteiger partial charge in [0, 0.05) is 23.9 Å². The van der Waals surface area contributed by atoms with Crippen LogP contribution in [0.4, 0.5) is 10.5 Å². The molecule has 3 rings (SSSR count). The Morgan fingerprint density at radius 3 is 2.85 bits per heavy atom. The lowest BCUT2D eigenvalue weighted by molar-refractivity contribution is -0.134. The molecular weight excluding hydrogens is 284 g/mol. The zero-order valence-electron chi connectivity index (χ0n) is 10.6. The smallest absolute Gasteiger partial charge is 0.376 e. The molecule has 0 bridgehead atoms. The maximum absolute atomic E-state index is 11.4. The number of halogens is 1. The van der Waals surface area contributed by atoms with Crippen LogP contribution in [0.5, 0.6) is 0 Å². The predicted molar refractivity (Wildman–Crippen MR) is 71.8 cm³/mol. The van der Waals surface area contributed by atoms with Gasteiger partial charge in [0.2, 0.25) is 0 Å². The Bertz CT molecular complexity index is 706. The lowest BCUT2D eigenvalue weighted by Gasteiger charge is -2.05. The molecule has 1 saturated carbocycles. The Morgan fingerprint density at radius 2 is 2.20 bits per heavy atom. The van der Waals surface area contributed by atoms with Gasteiger partial charge in [0.05, 0.1) is 10.7 Å². The average molecular weight is 295 g/mol. The van der Waals surface area contributed by atoms with Gasteiger partial charge in [-0.3, -0.25) is 10.1 Å². The van der Waals surface area contributed by atoms with E-state index in [4.69, 9.17) is 16.1 Å². The number of carbonyl (C=O) groups is 2. The largest absolute Gasteiger partial charge is 0.419 e. The van der Waals surface area contributed by atoms with Gasteiger partial charge in [0.15, 0.2) is 5.58 Å². The highest BCUT2D eigenvalue weighted by atomic mass is 35.5. The van der Waals surface area contributed by atoms with Crippen LogP contribution in [0.3, 0.4) is 0 Å². The van der Waals surface area contributed by atoms with Crippen molar-refractivity contribution in [3.63, 3.8) is 0 Å². The first-order valence-corrected chi connectivity index (χ1v) is 6.50. The Kier molecular flexibility index (Phi) is 3.10. The summed E-state index contributed by atoms with van der Waals surface area (Å²) in [7, 11) is 0. The van der Waals surface area contributed by atoms with E-state index in [0.29, 0.717) is 22.2 Å². The van der Waals surface area contributed by atoms with E-state index < -0.39 is 12.1 Å². The number of ether oxygens (including phenoxy) is 1. The van der Waals surface area contributed by atoms with E-state index in [1.165, 1.54) is 6.07 Å². The Hall–Kier alpha value is -2.08. The van der Waals surface area contributed by atoms with Crippen LogP contribution < -0.4 is 5.32 Å². The van der Waals surface area contributed by atoms with Crippen molar-refractivity contribution in [1.29, 1.82) is 0 Å². The van der Waals surface area contributed by atoms with Crippen LogP contribution in [0.15, 0.2) is 16.7 Å². The second-order valence-corrected chi connectivity index (χ2v) is 5.09. The van der Waals surface area contributed by atoms with Crippen LogP contribution in [0.2, 0.25) is 5.02 Å². The zero-order valence-corrected chi connectivity index (χ0v) is 11.4. The molecule has 104 valence electrons. The lowest BCUT2D eigenvalue weighted by Crippen LogP contribution is -2.16. The summed E-state index contributed by atoms with van der Waals surface area (Å²) in [5, 5.41) is 7.60. The topological polar surface area (TPSA) is 81.4 Å².